The van der Waals surface area contributed by atoms with Crippen molar-refractivity contribution in [1.82, 2.24) is 38.5 Å². The maximum absolute atomic E-state index is 15.1. The minimum atomic E-state index is -4.03. The number of amides is 3. The quantitative estimate of drug-likeness (QED) is 0.0485. The number of anilines is 3. The van der Waals surface area contributed by atoms with E-state index in [1.54, 1.807) is 58.8 Å². The summed E-state index contributed by atoms with van der Waals surface area (Å²) in [5, 5.41) is 15.0. The molecule has 4 aliphatic rings. The lowest BCUT2D eigenvalue weighted by atomic mass is 9.66. The van der Waals surface area contributed by atoms with Crippen molar-refractivity contribution < 1.29 is 37.5 Å². The van der Waals surface area contributed by atoms with Crippen molar-refractivity contribution >= 4 is 91.2 Å². The molecule has 3 aliphatic heterocycles. The van der Waals surface area contributed by atoms with Crippen molar-refractivity contribution in [3.05, 3.63) is 116 Å². The highest BCUT2D eigenvalue weighted by atomic mass is 35.5. The Morgan fingerprint density at radius 3 is 1.97 bits per heavy atom. The number of piperidine rings is 1. The molecule has 22 heteroatoms. The Balaban J connectivity index is 0.699. The maximum atomic E-state index is 15.1. The van der Waals surface area contributed by atoms with Gasteiger partial charge in [0.2, 0.25) is 33.7 Å². The van der Waals surface area contributed by atoms with Crippen molar-refractivity contribution in [2.24, 2.45) is 10.8 Å². The summed E-state index contributed by atoms with van der Waals surface area (Å²) in [7, 11) is -4.03. The molecule has 19 nitrogen and oxygen atoms in total. The number of carboxylic acids is 1. The Labute approximate surface area is 514 Å². The molecule has 3 saturated heterocycles. The number of hydrogen-bond donors (Lipinski definition) is 2. The number of carboxylic acid groups (broad SMARTS) is 1. The highest BCUT2D eigenvalue weighted by Crippen LogP contribution is 2.53. The number of carbonyl (C=O) groups is 5. The van der Waals surface area contributed by atoms with Gasteiger partial charge >= 0.3 is 5.97 Å². The van der Waals surface area contributed by atoms with Gasteiger partial charge in [-0.2, -0.15) is 9.29 Å². The van der Waals surface area contributed by atoms with Crippen LogP contribution in [0.5, 0.6) is 0 Å². The maximum Gasteiger partial charge on any atom is 0.304 e. The first-order valence-corrected chi connectivity index (χ1v) is 32.8. The van der Waals surface area contributed by atoms with E-state index in [0.717, 1.165) is 74.6 Å². The number of benzene rings is 2. The third-order valence-electron chi connectivity index (χ3n) is 18.1. The first-order valence-electron chi connectivity index (χ1n) is 30.4. The number of unbranched alkanes of at least 4 members (excludes halogenated alkanes) is 5. The minimum Gasteiger partial charge on any atom is -0.481 e. The average molecular weight is 1240 g/mol. The van der Waals surface area contributed by atoms with Crippen molar-refractivity contribution in [3.63, 3.8) is 0 Å². The summed E-state index contributed by atoms with van der Waals surface area (Å²) >= 11 is 12.9. The molecule has 462 valence electrons. The number of ketones is 1. The normalized spacial score (nSPS) is 20.4. The van der Waals surface area contributed by atoms with Gasteiger partial charge in [0.05, 0.1) is 47.1 Å². The highest BCUT2D eigenvalue weighted by Gasteiger charge is 2.55. The second-order valence-electron chi connectivity index (χ2n) is 25.3. The fraction of sp³-hybridized carbons (Fsp3) is 0.547. The predicted octanol–water partition coefficient (Wildman–Crippen LogP) is 10.8. The van der Waals surface area contributed by atoms with Crippen LogP contribution in [0.1, 0.15) is 170 Å². The van der Waals surface area contributed by atoms with Crippen molar-refractivity contribution in [3.8, 4) is 0 Å². The molecule has 86 heavy (non-hydrogen) atoms. The Morgan fingerprint density at radius 2 is 1.40 bits per heavy atom. The zero-order valence-electron chi connectivity index (χ0n) is 50.4. The van der Waals surface area contributed by atoms with E-state index >= 15 is 4.79 Å². The fourth-order valence-corrected chi connectivity index (χ4v) is 15.7. The summed E-state index contributed by atoms with van der Waals surface area (Å²) in [5.41, 5.74) is 1.33. The molecule has 3 amide bonds. The van der Waals surface area contributed by atoms with E-state index in [1.807, 2.05) is 68.1 Å². The Morgan fingerprint density at radius 1 is 0.779 bits per heavy atom. The number of nitrogens with one attached hydrogen (secondary N) is 1. The van der Waals surface area contributed by atoms with E-state index in [1.165, 1.54) is 11.2 Å². The van der Waals surface area contributed by atoms with E-state index in [-0.39, 0.29) is 67.4 Å². The number of carbonyl (C=O) groups excluding carboxylic acids is 4. The van der Waals surface area contributed by atoms with Crippen LogP contribution in [-0.4, -0.2) is 146 Å². The molecule has 6 heterocycles. The summed E-state index contributed by atoms with van der Waals surface area (Å²) in [5.74, 6) is -1.68. The van der Waals surface area contributed by atoms with E-state index in [0.29, 0.717) is 83.8 Å². The summed E-state index contributed by atoms with van der Waals surface area (Å²) < 4.78 is 32.4. The van der Waals surface area contributed by atoms with Crippen LogP contribution in [0.3, 0.4) is 0 Å². The second-order valence-corrected chi connectivity index (χ2v) is 28.1. The number of aryl methyl sites for hydroxylation is 1. The van der Waals surface area contributed by atoms with E-state index in [4.69, 9.17) is 28.2 Å². The van der Waals surface area contributed by atoms with Gasteiger partial charge < -0.3 is 30.0 Å². The topological polar surface area (TPSA) is 229 Å². The molecule has 3 aromatic heterocycles. The predicted molar refractivity (Wildman–Crippen MR) is 335 cm³/mol. The highest BCUT2D eigenvalue weighted by molar-refractivity contribution is 7.89. The smallest absolute Gasteiger partial charge is 0.304 e. The first-order chi connectivity index (χ1) is 40.9. The number of likely N-dealkylation sites (tertiary alicyclic amines) is 1. The number of nitrogens with zero attached hydrogens (tertiary/aromatic N) is 9. The van der Waals surface area contributed by atoms with Gasteiger partial charge in [0, 0.05) is 98.8 Å². The molecule has 2 aromatic carbocycles. The van der Waals surface area contributed by atoms with Crippen LogP contribution in [0.4, 0.5) is 17.5 Å². The van der Waals surface area contributed by atoms with Gasteiger partial charge in [0.1, 0.15) is 11.5 Å². The number of fused-ring (bicyclic) bond motifs is 1. The standard InChI is InChI=1S/C64H82Cl2N10O9S/c1-42-51-40-68-62(70-59(51)75(48-18-13-14-19-48)60(82)57(42)43(2)77)69-53-27-26-49(39-67-53)71-28-30-72(31-29-71)54(78)20-11-9-7-8-10-12-21-55(79)73-32-34-74(35-33-73)86(84,85)41-52(63(3,4)5)76-58(44-22-24-46(65)25-23-44)50(45-16-15-17-47(66)36-45)37-64(6,61(76)83)38-56(80)81/h15-17,22-27,36,39-40,48,50,52,58H,7-14,18-21,28-35,37-38,41H2,1-6H3,(H,80,81)(H,67,68,69,70)/t50-,52?,58-,64-/m1/s1. The van der Waals surface area contributed by atoms with Crippen LogP contribution in [-0.2, 0) is 29.2 Å². The lowest BCUT2D eigenvalue weighted by molar-refractivity contribution is -0.162. The summed E-state index contributed by atoms with van der Waals surface area (Å²) in [4.78, 5) is 102. The molecule has 1 saturated carbocycles. The van der Waals surface area contributed by atoms with Gasteiger partial charge in [-0.15, -0.1) is 0 Å². The van der Waals surface area contributed by atoms with Crippen LogP contribution >= 0.6 is 23.2 Å². The minimum absolute atomic E-state index is 0.0115. The van der Waals surface area contributed by atoms with Crippen LogP contribution in [0, 0.1) is 17.8 Å². The summed E-state index contributed by atoms with van der Waals surface area (Å²) in [6.07, 6.45) is 13.0. The first kappa shape index (κ1) is 64.0. The van der Waals surface area contributed by atoms with Gasteiger partial charge in [-0.05, 0) is 104 Å². The van der Waals surface area contributed by atoms with E-state index in [9.17, 15) is 37.5 Å². The van der Waals surface area contributed by atoms with E-state index < -0.39 is 62.9 Å². The number of pyridine rings is 2. The molecule has 0 spiro atoms. The number of rotatable bonds is 22. The molecular formula is C64H82Cl2N10O9S. The van der Waals surface area contributed by atoms with Crippen LogP contribution in [0.15, 0.2) is 77.9 Å². The second kappa shape index (κ2) is 27.3. The Kier molecular flexibility index (Phi) is 20.3. The lowest BCUT2D eigenvalue weighted by Gasteiger charge is -2.54. The molecule has 4 fully saturated rings. The third-order valence-corrected chi connectivity index (χ3v) is 20.5. The molecular weight excluding hydrogens is 1160 g/mol. The molecule has 9 rings (SSSR count). The summed E-state index contributed by atoms with van der Waals surface area (Å²) in [6.45, 7) is 13.9. The monoisotopic (exact) mass is 1240 g/mol. The lowest BCUT2D eigenvalue weighted by Crippen LogP contribution is -2.61. The van der Waals surface area contributed by atoms with Crippen LogP contribution < -0.4 is 15.8 Å². The molecule has 1 aliphatic carbocycles. The zero-order chi connectivity index (χ0) is 61.7. The van der Waals surface area contributed by atoms with Crippen molar-refractivity contribution in [2.45, 2.75) is 155 Å². The van der Waals surface area contributed by atoms with Crippen molar-refractivity contribution in [1.29, 1.82) is 0 Å². The Hall–Kier alpha value is -6.48. The molecule has 0 radical (unpaired) electrons. The van der Waals surface area contributed by atoms with E-state index in [2.05, 4.69) is 20.2 Å². The molecule has 1 unspecified atom stereocenters. The number of aliphatic carboxylic acids is 1. The third kappa shape index (κ3) is 14.7. The number of Topliss-reactive ketones (excluding diaryl/α,β-unsaturated/α-hetero) is 1. The Bertz CT molecular complexity index is 3470. The van der Waals surface area contributed by atoms with Crippen LogP contribution in [0.2, 0.25) is 10.0 Å². The molecule has 0 bridgehead atoms. The molecule has 5 aromatic rings. The largest absolute Gasteiger partial charge is 0.481 e. The molecule has 4 atom stereocenters. The SMILES string of the molecule is CC(=O)c1c(C)c2cnc(Nc3ccc(N4CCN(C(=O)CCCCCCCCC(=O)N5CCN(S(=O)(=O)CC(N6C(=O)[C@@](C)(CC(=O)O)C[C@H](c7cccc(Cl)c7)[C@H]6c6ccc(Cl)cc6)C(C)(C)C)CC5)CC4)cn3)nc2n(C2CCCC2)c1=O. The van der Waals surface area contributed by atoms with Gasteiger partial charge in [-0.1, -0.05) is 114 Å². The average Bonchev–Trinajstić information content (AvgIpc) is 1.04. The van der Waals surface area contributed by atoms with Gasteiger partial charge in [-0.3, -0.25) is 33.3 Å². The van der Waals surface area contributed by atoms with Crippen LogP contribution in [0.25, 0.3) is 11.0 Å². The van der Waals surface area contributed by atoms with Gasteiger partial charge in [-0.25, -0.2) is 18.4 Å². The summed E-state index contributed by atoms with van der Waals surface area (Å²) in [6, 6.07) is 16.7. The number of aromatic nitrogens is 4. The van der Waals surface area contributed by atoms with Crippen molar-refractivity contribution in [2.75, 3.05) is 68.3 Å². The number of halogens is 2. The number of hydrogen-bond acceptors (Lipinski definition) is 13. The fourth-order valence-electron chi connectivity index (χ4n) is 13.4. The van der Waals surface area contributed by atoms with Gasteiger partial charge in [0.15, 0.2) is 5.78 Å². The van der Waals surface area contributed by atoms with Gasteiger partial charge in [0.25, 0.3) is 5.56 Å². The zero-order valence-corrected chi connectivity index (χ0v) is 52.7. The number of sulfonamides is 1. The molecule has 2 N–H and O–H groups in total. The number of piperazine rings is 2.